The fourth-order valence-electron chi connectivity index (χ4n) is 2.99. The summed E-state index contributed by atoms with van der Waals surface area (Å²) in [6.07, 6.45) is 0. The van der Waals surface area contributed by atoms with Gasteiger partial charge in [-0.3, -0.25) is 0 Å². The number of benzene rings is 3. The molecule has 130 valence electrons. The van der Waals surface area contributed by atoms with Gasteiger partial charge < -0.3 is 19.2 Å². The van der Waals surface area contributed by atoms with Crippen LogP contribution in [-0.4, -0.2) is 25.2 Å². The molecule has 0 fully saturated rings. The third-order valence-electron chi connectivity index (χ3n) is 4.28. The molecule has 4 aromatic rings. The van der Waals surface area contributed by atoms with Gasteiger partial charge in [-0.1, -0.05) is 18.2 Å². The van der Waals surface area contributed by atoms with Crippen molar-refractivity contribution in [3.8, 4) is 17.2 Å². The summed E-state index contributed by atoms with van der Waals surface area (Å²) < 4.78 is 15.9. The van der Waals surface area contributed by atoms with Crippen molar-refractivity contribution in [1.82, 2.24) is 4.98 Å². The number of carbonyl (C=O) groups is 1. The van der Waals surface area contributed by atoms with Gasteiger partial charge >= 0.3 is 5.97 Å². The number of esters is 1. The van der Waals surface area contributed by atoms with Crippen molar-refractivity contribution in [3.05, 3.63) is 66.2 Å². The van der Waals surface area contributed by atoms with Crippen molar-refractivity contribution in [2.45, 2.75) is 0 Å². The summed E-state index contributed by atoms with van der Waals surface area (Å²) >= 11 is 0. The number of aromatic nitrogens is 1. The van der Waals surface area contributed by atoms with Gasteiger partial charge in [0.25, 0.3) is 0 Å². The highest BCUT2D eigenvalue weighted by Gasteiger charge is 2.13. The highest BCUT2D eigenvalue weighted by Crippen LogP contribution is 2.29. The van der Waals surface area contributed by atoms with Gasteiger partial charge in [-0.15, -0.1) is 0 Å². The van der Waals surface area contributed by atoms with Gasteiger partial charge in [0.1, 0.15) is 17.2 Å². The average Bonchev–Trinajstić information content (AvgIpc) is 3.05. The summed E-state index contributed by atoms with van der Waals surface area (Å²) in [6.45, 7) is 0. The van der Waals surface area contributed by atoms with Crippen molar-refractivity contribution in [2.75, 3.05) is 14.2 Å². The Hall–Kier alpha value is -3.47. The predicted octanol–water partition coefficient (Wildman–Crippen LogP) is 4.56. The van der Waals surface area contributed by atoms with Gasteiger partial charge in [0, 0.05) is 28.4 Å². The van der Waals surface area contributed by atoms with E-state index in [2.05, 4.69) is 11.1 Å². The first-order valence-electron chi connectivity index (χ1n) is 8.13. The van der Waals surface area contributed by atoms with E-state index in [0.717, 1.165) is 21.8 Å². The van der Waals surface area contributed by atoms with Crippen molar-refractivity contribution in [1.29, 1.82) is 0 Å². The minimum atomic E-state index is -0.474. The highest BCUT2D eigenvalue weighted by molar-refractivity contribution is 6.07. The molecule has 5 nitrogen and oxygen atoms in total. The summed E-state index contributed by atoms with van der Waals surface area (Å²) in [4.78, 5) is 15.9. The number of hydrogen-bond donors (Lipinski definition) is 1. The maximum absolute atomic E-state index is 12.5. The van der Waals surface area contributed by atoms with Crippen molar-refractivity contribution < 1.29 is 19.0 Å². The smallest absolute Gasteiger partial charge is 0.343 e. The molecule has 0 saturated heterocycles. The first-order valence-corrected chi connectivity index (χ1v) is 8.13. The van der Waals surface area contributed by atoms with E-state index >= 15 is 0 Å². The maximum Gasteiger partial charge on any atom is 0.343 e. The molecular weight excluding hydrogens is 330 g/mol. The van der Waals surface area contributed by atoms with Gasteiger partial charge in [0.05, 0.1) is 25.3 Å². The fourth-order valence-corrected chi connectivity index (χ4v) is 2.99. The number of nitrogens with one attached hydrogen (secondary N) is 1. The first kappa shape index (κ1) is 16.0. The molecule has 0 aliphatic rings. The summed E-state index contributed by atoms with van der Waals surface area (Å²) in [7, 11) is 3.07. The number of para-hydroxylation sites is 1. The van der Waals surface area contributed by atoms with Crippen LogP contribution in [0.4, 0.5) is 0 Å². The van der Waals surface area contributed by atoms with Gasteiger partial charge in [0.2, 0.25) is 0 Å². The molecule has 0 bridgehead atoms. The second-order valence-electron chi connectivity index (χ2n) is 5.87. The molecule has 0 aliphatic heterocycles. The van der Waals surface area contributed by atoms with Crippen LogP contribution in [0.25, 0.3) is 21.8 Å². The minimum absolute atomic E-state index is 0.359. The molecule has 3 aromatic carbocycles. The lowest BCUT2D eigenvalue weighted by molar-refractivity contribution is 0.0734. The molecule has 0 spiro atoms. The highest BCUT2D eigenvalue weighted by atomic mass is 16.5. The van der Waals surface area contributed by atoms with Crippen LogP contribution in [0.5, 0.6) is 17.2 Å². The number of rotatable bonds is 4. The van der Waals surface area contributed by atoms with E-state index in [0.29, 0.717) is 22.8 Å². The lowest BCUT2D eigenvalue weighted by Crippen LogP contribution is -2.09. The lowest BCUT2D eigenvalue weighted by atomic mass is 10.1. The van der Waals surface area contributed by atoms with E-state index in [4.69, 9.17) is 14.2 Å². The SMILES string of the molecule is COc1cc(OC)cc(C(=O)Oc2ccc3c(c2)[nH]c2ccccc23)c1. The Morgan fingerprint density at radius 1 is 0.769 bits per heavy atom. The molecule has 0 unspecified atom stereocenters. The Labute approximate surface area is 150 Å². The van der Waals surface area contributed by atoms with E-state index in [1.807, 2.05) is 30.3 Å². The first-order chi connectivity index (χ1) is 12.7. The van der Waals surface area contributed by atoms with Crippen molar-refractivity contribution in [3.63, 3.8) is 0 Å². The molecule has 26 heavy (non-hydrogen) atoms. The minimum Gasteiger partial charge on any atom is -0.497 e. The van der Waals surface area contributed by atoms with Gasteiger partial charge in [0.15, 0.2) is 0 Å². The zero-order valence-electron chi connectivity index (χ0n) is 14.4. The van der Waals surface area contributed by atoms with Crippen LogP contribution in [0.15, 0.2) is 60.7 Å². The van der Waals surface area contributed by atoms with Crippen molar-refractivity contribution >= 4 is 27.8 Å². The van der Waals surface area contributed by atoms with Crippen LogP contribution < -0.4 is 14.2 Å². The summed E-state index contributed by atoms with van der Waals surface area (Å²) in [5.74, 6) is 1.05. The third-order valence-corrected chi connectivity index (χ3v) is 4.28. The topological polar surface area (TPSA) is 60.6 Å². The van der Waals surface area contributed by atoms with Gasteiger partial charge in [-0.25, -0.2) is 4.79 Å². The van der Waals surface area contributed by atoms with Crippen LogP contribution >= 0.6 is 0 Å². The predicted molar refractivity (Wildman–Crippen MR) is 100 cm³/mol. The maximum atomic E-state index is 12.5. The number of methoxy groups -OCH3 is 2. The quantitative estimate of drug-likeness (QED) is 0.434. The molecule has 1 N–H and O–H groups in total. The van der Waals surface area contributed by atoms with Gasteiger partial charge in [-0.2, -0.15) is 0 Å². The standard InChI is InChI=1S/C21H17NO4/c1-24-15-9-13(10-16(11-15)25-2)21(23)26-14-7-8-18-17-5-3-4-6-19(17)22-20(18)12-14/h3-12,22H,1-2H3. The zero-order chi connectivity index (χ0) is 18.1. The molecule has 5 heteroatoms. The van der Waals surface area contributed by atoms with Crippen LogP contribution in [0.1, 0.15) is 10.4 Å². The van der Waals surface area contributed by atoms with E-state index in [1.165, 1.54) is 14.2 Å². The number of hydrogen-bond acceptors (Lipinski definition) is 4. The zero-order valence-corrected chi connectivity index (χ0v) is 14.4. The Kier molecular flexibility index (Phi) is 3.97. The number of H-pyrrole nitrogens is 1. The Bertz CT molecular complexity index is 1090. The molecule has 0 radical (unpaired) electrons. The molecule has 1 aromatic heterocycles. The molecule has 0 saturated carbocycles. The Balaban J connectivity index is 1.66. The van der Waals surface area contributed by atoms with Crippen molar-refractivity contribution in [2.24, 2.45) is 0 Å². The van der Waals surface area contributed by atoms with E-state index in [-0.39, 0.29) is 0 Å². The molecule has 0 amide bonds. The van der Waals surface area contributed by atoms with E-state index in [9.17, 15) is 4.79 Å². The molecule has 1 heterocycles. The van der Waals surface area contributed by atoms with Crippen LogP contribution in [0.2, 0.25) is 0 Å². The Morgan fingerprint density at radius 2 is 1.46 bits per heavy atom. The summed E-state index contributed by atoms with van der Waals surface area (Å²) in [5, 5.41) is 2.22. The van der Waals surface area contributed by atoms with Crippen LogP contribution in [0, 0.1) is 0 Å². The second-order valence-corrected chi connectivity index (χ2v) is 5.87. The number of fused-ring (bicyclic) bond motifs is 3. The van der Waals surface area contributed by atoms with E-state index < -0.39 is 5.97 Å². The van der Waals surface area contributed by atoms with Crippen LogP contribution in [-0.2, 0) is 0 Å². The second kappa shape index (κ2) is 6.44. The number of ether oxygens (including phenoxy) is 3. The molecule has 4 rings (SSSR count). The van der Waals surface area contributed by atoms with Gasteiger partial charge in [-0.05, 0) is 30.3 Å². The fraction of sp³-hybridized carbons (Fsp3) is 0.0952. The molecule has 0 aliphatic carbocycles. The van der Waals surface area contributed by atoms with E-state index in [1.54, 1.807) is 24.3 Å². The number of aromatic amines is 1. The summed E-state index contributed by atoms with van der Waals surface area (Å²) in [6, 6.07) is 18.6. The van der Waals surface area contributed by atoms with Crippen LogP contribution in [0.3, 0.4) is 0 Å². The average molecular weight is 347 g/mol. The largest absolute Gasteiger partial charge is 0.497 e. The monoisotopic (exact) mass is 347 g/mol. The lowest BCUT2D eigenvalue weighted by Gasteiger charge is -2.08. The Morgan fingerprint density at radius 3 is 2.19 bits per heavy atom. The molecule has 0 atom stereocenters. The normalized spacial score (nSPS) is 10.8. The molecular formula is C21H17NO4. The summed E-state index contributed by atoms with van der Waals surface area (Å²) in [5.41, 5.74) is 2.32. The number of carbonyl (C=O) groups excluding carboxylic acids is 1. The third kappa shape index (κ3) is 2.84.